The Labute approximate surface area is 184 Å². The predicted molar refractivity (Wildman–Crippen MR) is 122 cm³/mol. The van der Waals surface area contributed by atoms with E-state index in [0.29, 0.717) is 12.0 Å². The van der Waals surface area contributed by atoms with Gasteiger partial charge in [-0.25, -0.2) is 13.4 Å². The predicted octanol–water partition coefficient (Wildman–Crippen LogP) is 2.48. The van der Waals surface area contributed by atoms with Gasteiger partial charge in [0.15, 0.2) is 15.8 Å². The number of sulfone groups is 1. The van der Waals surface area contributed by atoms with Crippen molar-refractivity contribution in [1.29, 1.82) is 0 Å². The highest BCUT2D eigenvalue weighted by Gasteiger charge is 2.30. The van der Waals surface area contributed by atoms with Gasteiger partial charge in [-0.1, -0.05) is 36.4 Å². The number of ether oxygens (including phenoxy) is 1. The van der Waals surface area contributed by atoms with Crippen molar-refractivity contribution in [2.75, 3.05) is 5.75 Å². The van der Waals surface area contributed by atoms with Crippen molar-refractivity contribution in [3.8, 4) is 0 Å². The van der Waals surface area contributed by atoms with Gasteiger partial charge in [-0.15, -0.1) is 0 Å². The molecule has 0 fully saturated rings. The van der Waals surface area contributed by atoms with E-state index in [1.807, 2.05) is 6.07 Å². The average Bonchev–Trinajstić information content (AvgIpc) is 2.63. The molecule has 1 aromatic carbocycles. The van der Waals surface area contributed by atoms with Crippen LogP contribution in [0, 0.1) is 5.92 Å². The summed E-state index contributed by atoms with van der Waals surface area (Å²) in [7, 11) is -3.36. The van der Waals surface area contributed by atoms with Gasteiger partial charge >= 0.3 is 5.97 Å². The highest BCUT2D eigenvalue weighted by molar-refractivity contribution is 7.90. The van der Waals surface area contributed by atoms with Gasteiger partial charge in [0.25, 0.3) is 0 Å². The molecule has 0 aliphatic carbocycles. The summed E-state index contributed by atoms with van der Waals surface area (Å²) in [5, 5.41) is 0. The van der Waals surface area contributed by atoms with E-state index in [-0.39, 0.29) is 42.5 Å². The Kier molecular flexibility index (Phi) is 10.4. The molecule has 1 rings (SSSR count). The Hall–Kier alpha value is -2.68. The molecule has 0 aliphatic heterocycles. The first-order valence-corrected chi connectivity index (χ1v) is 12.0. The fourth-order valence-corrected chi connectivity index (χ4v) is 4.26. The number of carbonyl (C=O) groups is 2. The smallest absolute Gasteiger partial charge is 0.316 e. The minimum Gasteiger partial charge on any atom is -0.459 e. The van der Waals surface area contributed by atoms with Gasteiger partial charge in [0.1, 0.15) is 17.3 Å². The van der Waals surface area contributed by atoms with Gasteiger partial charge in [-0.3, -0.25) is 9.59 Å². The molecule has 0 bridgehead atoms. The number of Topliss-reactive ketones (excluding diaryl/α,β-unsaturated/α-hetero) is 1. The van der Waals surface area contributed by atoms with Crippen LogP contribution in [0.25, 0.3) is 0 Å². The highest BCUT2D eigenvalue weighted by Crippen LogP contribution is 2.19. The van der Waals surface area contributed by atoms with E-state index >= 15 is 0 Å². The van der Waals surface area contributed by atoms with Crippen LogP contribution in [0.2, 0.25) is 0 Å². The second-order valence-corrected chi connectivity index (χ2v) is 10.4. The molecule has 1 unspecified atom stereocenters. The van der Waals surface area contributed by atoms with E-state index in [9.17, 15) is 18.0 Å². The lowest BCUT2D eigenvalue weighted by Crippen LogP contribution is -2.33. The first-order chi connectivity index (χ1) is 14.4. The third-order valence-electron chi connectivity index (χ3n) is 4.14. The lowest BCUT2D eigenvalue weighted by molar-refractivity contribution is -0.162. The van der Waals surface area contributed by atoms with Crippen molar-refractivity contribution in [2.45, 2.75) is 57.8 Å². The molecule has 0 spiro atoms. The first kappa shape index (κ1) is 26.4. The number of hydrogen-bond acceptors (Lipinski definition) is 6. The Morgan fingerprint density at radius 2 is 1.81 bits per heavy atom. The number of aliphatic imine (C=N–C) groups is 1. The average molecular weight is 452 g/mol. The van der Waals surface area contributed by atoms with Crippen LogP contribution in [0.4, 0.5) is 0 Å². The van der Waals surface area contributed by atoms with Gasteiger partial charge in [0, 0.05) is 12.6 Å². The number of esters is 1. The number of nitrogens with zero attached hydrogens (tertiary/aromatic N) is 1. The second kappa shape index (κ2) is 12.2. The summed E-state index contributed by atoms with van der Waals surface area (Å²) < 4.78 is 30.2. The van der Waals surface area contributed by atoms with Crippen molar-refractivity contribution < 1.29 is 22.7 Å². The lowest BCUT2D eigenvalue weighted by Gasteiger charge is -2.23. The highest BCUT2D eigenvalue weighted by atomic mass is 32.2. The topological polar surface area (TPSA) is 142 Å². The Bertz CT molecular complexity index is 883. The zero-order valence-electron chi connectivity index (χ0n) is 18.4. The largest absolute Gasteiger partial charge is 0.459 e. The second-order valence-electron chi connectivity index (χ2n) is 8.25. The molecular weight excluding hydrogens is 418 g/mol. The molecule has 0 amide bonds. The molecule has 8 nitrogen and oxygen atoms in total. The van der Waals surface area contributed by atoms with E-state index in [2.05, 4.69) is 4.99 Å². The summed E-state index contributed by atoms with van der Waals surface area (Å²) in [4.78, 5) is 28.9. The normalized spacial score (nSPS) is 13.0. The summed E-state index contributed by atoms with van der Waals surface area (Å²) in [6.07, 6.45) is 3.75. The van der Waals surface area contributed by atoms with E-state index in [1.165, 1.54) is 6.20 Å². The zero-order chi connectivity index (χ0) is 23.5. The van der Waals surface area contributed by atoms with Gasteiger partial charge in [0.05, 0.1) is 11.5 Å². The van der Waals surface area contributed by atoms with E-state index in [1.54, 1.807) is 51.1 Å². The summed E-state index contributed by atoms with van der Waals surface area (Å²) in [6.45, 7) is 5.15. The number of guanidine groups is 1. The molecule has 31 heavy (non-hydrogen) atoms. The zero-order valence-corrected chi connectivity index (χ0v) is 19.2. The molecule has 9 heteroatoms. The van der Waals surface area contributed by atoms with Crippen LogP contribution in [0.1, 0.15) is 52.0 Å². The molecule has 1 aromatic rings. The summed E-state index contributed by atoms with van der Waals surface area (Å²) in [5.74, 6) is -2.23. The third kappa shape index (κ3) is 11.9. The Balaban J connectivity index is 2.73. The number of allylic oxidation sites excluding steroid dienone is 1. The van der Waals surface area contributed by atoms with Crippen molar-refractivity contribution in [2.24, 2.45) is 22.4 Å². The SMILES string of the molecule is CC(C)(C)OC(=O)C(CCCS(=O)(=O)Cc1ccccc1)C(=O)CCC=CN=C(N)N. The number of benzene rings is 1. The van der Waals surface area contributed by atoms with Crippen molar-refractivity contribution >= 4 is 27.5 Å². The van der Waals surface area contributed by atoms with Crippen LogP contribution in [0.5, 0.6) is 0 Å². The van der Waals surface area contributed by atoms with Gasteiger partial charge in [-0.05, 0) is 45.6 Å². The maximum atomic E-state index is 12.6. The van der Waals surface area contributed by atoms with Crippen LogP contribution in [0.3, 0.4) is 0 Å². The summed E-state index contributed by atoms with van der Waals surface area (Å²) in [6, 6.07) is 8.88. The minimum absolute atomic E-state index is 0.0749. The lowest BCUT2D eigenvalue weighted by atomic mass is 9.95. The standard InChI is InChI=1S/C22H33N3O5S/c1-22(2,3)30-20(27)18(19(26)13-7-8-14-25-21(23)24)12-9-15-31(28,29)16-17-10-5-4-6-11-17/h4-6,8,10-11,14,18H,7,9,12-13,15-16H2,1-3H3,(H4,23,24,25). The van der Waals surface area contributed by atoms with Crippen LogP contribution >= 0.6 is 0 Å². The molecule has 0 saturated heterocycles. The van der Waals surface area contributed by atoms with Gasteiger partial charge in [0.2, 0.25) is 0 Å². The van der Waals surface area contributed by atoms with E-state index < -0.39 is 27.3 Å². The van der Waals surface area contributed by atoms with E-state index in [4.69, 9.17) is 16.2 Å². The molecule has 172 valence electrons. The fraction of sp³-hybridized carbons (Fsp3) is 0.500. The number of ketones is 1. The molecule has 0 aliphatic rings. The summed E-state index contributed by atoms with van der Waals surface area (Å²) >= 11 is 0. The maximum Gasteiger partial charge on any atom is 0.316 e. The number of hydrogen-bond donors (Lipinski definition) is 2. The molecule has 0 saturated carbocycles. The van der Waals surface area contributed by atoms with Gasteiger partial charge < -0.3 is 16.2 Å². The van der Waals surface area contributed by atoms with Crippen molar-refractivity contribution in [3.63, 3.8) is 0 Å². The third-order valence-corrected chi connectivity index (χ3v) is 5.83. The first-order valence-electron chi connectivity index (χ1n) is 10.1. The van der Waals surface area contributed by atoms with Crippen molar-refractivity contribution in [3.05, 3.63) is 48.2 Å². The molecule has 0 aromatic heterocycles. The van der Waals surface area contributed by atoms with Crippen LogP contribution in [0.15, 0.2) is 47.6 Å². The van der Waals surface area contributed by atoms with E-state index in [0.717, 1.165) is 0 Å². The molecule has 1 atom stereocenters. The maximum absolute atomic E-state index is 12.6. The quantitative estimate of drug-likeness (QED) is 0.215. The van der Waals surface area contributed by atoms with Gasteiger partial charge in [-0.2, -0.15) is 0 Å². The van der Waals surface area contributed by atoms with Crippen LogP contribution < -0.4 is 11.5 Å². The Morgan fingerprint density at radius 3 is 2.39 bits per heavy atom. The number of rotatable bonds is 12. The van der Waals surface area contributed by atoms with Crippen LogP contribution in [-0.2, 0) is 29.9 Å². The molecular formula is C22H33N3O5S. The fourth-order valence-electron chi connectivity index (χ4n) is 2.80. The molecule has 0 heterocycles. The Morgan fingerprint density at radius 1 is 1.16 bits per heavy atom. The molecule has 4 N–H and O–H groups in total. The monoisotopic (exact) mass is 451 g/mol. The van der Waals surface area contributed by atoms with Crippen LogP contribution in [-0.4, -0.2) is 37.5 Å². The number of carbonyl (C=O) groups excluding carboxylic acids is 2. The molecule has 0 radical (unpaired) electrons. The minimum atomic E-state index is -3.36. The number of nitrogens with two attached hydrogens (primary N) is 2. The summed E-state index contributed by atoms with van der Waals surface area (Å²) in [5.41, 5.74) is 10.4. The van der Waals surface area contributed by atoms with Crippen molar-refractivity contribution in [1.82, 2.24) is 0 Å².